The van der Waals surface area contributed by atoms with Crippen LogP contribution in [-0.4, -0.2) is 22.4 Å². The number of hydrogen-bond acceptors (Lipinski definition) is 2. The first-order valence-corrected chi connectivity index (χ1v) is 7.97. The first-order chi connectivity index (χ1) is 9.26. The summed E-state index contributed by atoms with van der Waals surface area (Å²) in [6, 6.07) is 0.730. The van der Waals surface area contributed by atoms with Crippen molar-refractivity contribution in [1.29, 1.82) is 0 Å². The van der Waals surface area contributed by atoms with Gasteiger partial charge in [-0.05, 0) is 68.4 Å². The molecule has 106 valence electrons. The first-order valence-electron chi connectivity index (χ1n) is 7.97. The molecule has 0 aromatic carbocycles. The highest BCUT2D eigenvalue weighted by Crippen LogP contribution is 2.55. The van der Waals surface area contributed by atoms with Crippen molar-refractivity contribution in [3.63, 3.8) is 0 Å². The average molecular weight is 261 g/mol. The number of rotatable bonds is 7. The van der Waals surface area contributed by atoms with E-state index in [0.29, 0.717) is 0 Å². The van der Waals surface area contributed by atoms with E-state index >= 15 is 0 Å². The molecule has 3 atom stereocenters. The predicted molar refractivity (Wildman–Crippen MR) is 77.9 cm³/mol. The zero-order valence-corrected chi connectivity index (χ0v) is 12.3. The Morgan fingerprint density at radius 1 is 1.37 bits per heavy atom. The van der Waals surface area contributed by atoms with Gasteiger partial charge in [0, 0.05) is 19.3 Å². The molecule has 2 saturated carbocycles. The van der Waals surface area contributed by atoms with Gasteiger partial charge in [-0.3, -0.25) is 4.68 Å². The van der Waals surface area contributed by atoms with Crippen LogP contribution in [0.1, 0.15) is 44.6 Å². The smallest absolute Gasteiger partial charge is 0.0521 e. The molecule has 1 heterocycles. The minimum atomic E-state index is 0.730. The maximum Gasteiger partial charge on any atom is 0.0521 e. The summed E-state index contributed by atoms with van der Waals surface area (Å²) in [5, 5.41) is 8.07. The third-order valence-electron chi connectivity index (χ3n) is 5.01. The Kier molecular flexibility index (Phi) is 3.92. The molecule has 19 heavy (non-hydrogen) atoms. The van der Waals surface area contributed by atoms with Gasteiger partial charge >= 0.3 is 0 Å². The third-order valence-corrected chi connectivity index (χ3v) is 5.01. The van der Waals surface area contributed by atoms with Gasteiger partial charge in [0.25, 0.3) is 0 Å². The summed E-state index contributed by atoms with van der Waals surface area (Å²) in [5.74, 6) is 3.12. The largest absolute Gasteiger partial charge is 0.314 e. The second kappa shape index (κ2) is 5.66. The van der Waals surface area contributed by atoms with Gasteiger partial charge in [0.05, 0.1) is 6.20 Å². The zero-order chi connectivity index (χ0) is 13.2. The van der Waals surface area contributed by atoms with Crippen molar-refractivity contribution in [1.82, 2.24) is 15.1 Å². The molecule has 3 heteroatoms. The second-order valence-electron chi connectivity index (χ2n) is 6.61. The zero-order valence-electron chi connectivity index (χ0n) is 12.3. The fraction of sp³-hybridized carbons (Fsp3) is 0.812. The van der Waals surface area contributed by atoms with E-state index in [4.69, 9.17) is 0 Å². The fourth-order valence-electron chi connectivity index (χ4n) is 3.85. The molecular formula is C16H27N3. The Labute approximate surface area is 116 Å². The SMILES string of the molecule is CCCNC(CCc1cnn(C)c1)C1CC2CC2C1. The van der Waals surface area contributed by atoms with Crippen LogP contribution in [-0.2, 0) is 13.5 Å². The highest BCUT2D eigenvalue weighted by Gasteiger charge is 2.47. The molecule has 3 rings (SSSR count). The normalized spacial score (nSPS) is 30.3. The summed E-state index contributed by atoms with van der Waals surface area (Å²) in [6.45, 7) is 3.43. The lowest BCUT2D eigenvalue weighted by atomic mass is 9.90. The van der Waals surface area contributed by atoms with Crippen LogP contribution in [0.5, 0.6) is 0 Å². The quantitative estimate of drug-likeness (QED) is 0.818. The number of nitrogens with zero attached hydrogens (tertiary/aromatic N) is 2. The van der Waals surface area contributed by atoms with Crippen LogP contribution in [0, 0.1) is 17.8 Å². The molecular weight excluding hydrogens is 234 g/mol. The molecule has 2 aliphatic carbocycles. The van der Waals surface area contributed by atoms with Gasteiger partial charge < -0.3 is 5.32 Å². The highest BCUT2D eigenvalue weighted by atomic mass is 15.2. The van der Waals surface area contributed by atoms with Crippen molar-refractivity contribution in [2.24, 2.45) is 24.8 Å². The maximum atomic E-state index is 4.27. The topological polar surface area (TPSA) is 29.9 Å². The van der Waals surface area contributed by atoms with Crippen LogP contribution in [0.25, 0.3) is 0 Å². The minimum absolute atomic E-state index is 0.730. The molecule has 0 radical (unpaired) electrons. The molecule has 0 spiro atoms. The van der Waals surface area contributed by atoms with Crippen molar-refractivity contribution >= 4 is 0 Å². The summed E-state index contributed by atoms with van der Waals surface area (Å²) in [6.07, 6.45) is 12.4. The van der Waals surface area contributed by atoms with Gasteiger partial charge in [-0.2, -0.15) is 5.10 Å². The standard InChI is InChI=1S/C16H27N3/c1-3-6-17-16(15-8-13-7-14(13)9-15)5-4-12-10-18-19(2)11-12/h10-11,13-17H,3-9H2,1-2H3. The Morgan fingerprint density at radius 3 is 2.79 bits per heavy atom. The number of nitrogens with one attached hydrogen (secondary N) is 1. The summed E-state index contributed by atoms with van der Waals surface area (Å²) < 4.78 is 1.91. The van der Waals surface area contributed by atoms with Crippen LogP contribution in [0.2, 0.25) is 0 Å². The van der Waals surface area contributed by atoms with Crippen LogP contribution in [0.4, 0.5) is 0 Å². The van der Waals surface area contributed by atoms with Gasteiger partial charge in [0.1, 0.15) is 0 Å². The van der Waals surface area contributed by atoms with Gasteiger partial charge in [0.2, 0.25) is 0 Å². The number of aryl methyl sites for hydroxylation is 2. The Hall–Kier alpha value is -0.830. The summed E-state index contributed by atoms with van der Waals surface area (Å²) in [5.41, 5.74) is 1.38. The summed E-state index contributed by atoms with van der Waals surface area (Å²) in [7, 11) is 2.00. The van der Waals surface area contributed by atoms with Crippen LogP contribution in [0.3, 0.4) is 0 Å². The Morgan fingerprint density at radius 2 is 2.16 bits per heavy atom. The lowest BCUT2D eigenvalue weighted by Gasteiger charge is -2.26. The van der Waals surface area contributed by atoms with Crippen molar-refractivity contribution in [2.45, 2.75) is 51.5 Å². The Balaban J connectivity index is 1.52. The Bertz CT molecular complexity index is 402. The van der Waals surface area contributed by atoms with E-state index in [2.05, 4.69) is 23.5 Å². The molecule has 2 aliphatic rings. The molecule has 0 amide bonds. The third kappa shape index (κ3) is 3.19. The first kappa shape index (κ1) is 13.2. The summed E-state index contributed by atoms with van der Waals surface area (Å²) in [4.78, 5) is 0. The van der Waals surface area contributed by atoms with E-state index < -0.39 is 0 Å². The monoisotopic (exact) mass is 261 g/mol. The molecule has 0 saturated heterocycles. The van der Waals surface area contributed by atoms with E-state index in [0.717, 1.165) is 23.8 Å². The van der Waals surface area contributed by atoms with Crippen LogP contribution < -0.4 is 5.32 Å². The van der Waals surface area contributed by atoms with Gasteiger partial charge in [-0.25, -0.2) is 0 Å². The van der Waals surface area contributed by atoms with Gasteiger partial charge in [0.15, 0.2) is 0 Å². The average Bonchev–Trinajstić information content (AvgIpc) is 2.83. The van der Waals surface area contributed by atoms with Crippen molar-refractivity contribution < 1.29 is 0 Å². The fourth-order valence-corrected chi connectivity index (χ4v) is 3.85. The van der Waals surface area contributed by atoms with E-state index in [9.17, 15) is 0 Å². The molecule has 0 aliphatic heterocycles. The van der Waals surface area contributed by atoms with E-state index in [-0.39, 0.29) is 0 Å². The lowest BCUT2D eigenvalue weighted by molar-refractivity contribution is 0.319. The highest BCUT2D eigenvalue weighted by molar-refractivity contribution is 5.05. The van der Waals surface area contributed by atoms with E-state index in [1.54, 1.807) is 0 Å². The van der Waals surface area contributed by atoms with Crippen LogP contribution >= 0.6 is 0 Å². The molecule has 3 nitrogen and oxygen atoms in total. The van der Waals surface area contributed by atoms with Gasteiger partial charge in [-0.15, -0.1) is 0 Å². The number of hydrogen-bond donors (Lipinski definition) is 1. The van der Waals surface area contributed by atoms with Crippen molar-refractivity contribution in [3.05, 3.63) is 18.0 Å². The van der Waals surface area contributed by atoms with Crippen molar-refractivity contribution in [3.8, 4) is 0 Å². The van der Waals surface area contributed by atoms with E-state index in [1.165, 1.54) is 50.6 Å². The molecule has 1 aromatic rings. The maximum absolute atomic E-state index is 4.27. The molecule has 1 N–H and O–H groups in total. The molecule has 0 bridgehead atoms. The second-order valence-corrected chi connectivity index (χ2v) is 6.61. The summed E-state index contributed by atoms with van der Waals surface area (Å²) >= 11 is 0. The van der Waals surface area contributed by atoms with Gasteiger partial charge in [-0.1, -0.05) is 6.92 Å². The van der Waals surface area contributed by atoms with Crippen LogP contribution in [0.15, 0.2) is 12.4 Å². The molecule has 3 unspecified atom stereocenters. The number of fused-ring (bicyclic) bond motifs is 1. The molecule has 1 aromatic heterocycles. The van der Waals surface area contributed by atoms with Crippen molar-refractivity contribution in [2.75, 3.05) is 6.54 Å². The predicted octanol–water partition coefficient (Wildman–Crippen LogP) is 2.77. The van der Waals surface area contributed by atoms with E-state index in [1.807, 2.05) is 17.9 Å². The number of aromatic nitrogens is 2. The molecule has 2 fully saturated rings. The lowest BCUT2D eigenvalue weighted by Crippen LogP contribution is -2.36. The minimum Gasteiger partial charge on any atom is -0.314 e.